The van der Waals surface area contributed by atoms with E-state index in [9.17, 15) is 14.0 Å². The number of hydrogen-bond donors (Lipinski definition) is 2. The number of likely N-dealkylation sites (tertiary alicyclic amines) is 1. The number of benzene rings is 2. The van der Waals surface area contributed by atoms with Crippen molar-refractivity contribution in [2.45, 2.75) is 51.4 Å². The van der Waals surface area contributed by atoms with Crippen LogP contribution in [0.4, 0.5) is 20.5 Å². The normalized spacial score (nSPS) is 20.3. The third kappa shape index (κ3) is 6.06. The van der Waals surface area contributed by atoms with E-state index in [1.165, 1.54) is 35.1 Å². The van der Waals surface area contributed by atoms with Gasteiger partial charge in [0.15, 0.2) is 0 Å². The molecule has 0 unspecified atom stereocenters. The molecule has 270 valence electrons. The molecule has 3 aromatic heterocycles. The molecule has 14 nitrogen and oxygen atoms in total. The number of ether oxygens (including phenoxy) is 2. The number of nitrogens with one attached hydrogen (secondary N) is 2. The highest BCUT2D eigenvalue weighted by molar-refractivity contribution is 6.02. The molecule has 2 aromatic carbocycles. The number of halogens is 2. The fraction of sp³-hybridized carbons (Fsp3) is 0.389. The number of carbonyl (C=O) groups is 2. The van der Waals surface area contributed by atoms with Crippen LogP contribution in [0.1, 0.15) is 35.9 Å². The van der Waals surface area contributed by atoms with E-state index in [0.717, 1.165) is 0 Å². The van der Waals surface area contributed by atoms with Crippen LogP contribution in [-0.2, 0) is 16.1 Å². The van der Waals surface area contributed by atoms with Crippen LogP contribution in [0.15, 0.2) is 48.8 Å². The van der Waals surface area contributed by atoms with Gasteiger partial charge in [-0.1, -0.05) is 0 Å². The van der Waals surface area contributed by atoms with Crippen LogP contribution in [0, 0.1) is 18.6 Å². The van der Waals surface area contributed by atoms with Crippen LogP contribution in [0.5, 0.6) is 5.75 Å². The Bertz CT molecular complexity index is 2190. The maximum atomic E-state index is 15.0. The molecule has 8 rings (SSSR count). The van der Waals surface area contributed by atoms with Crippen LogP contribution in [0.2, 0.25) is 0 Å². The van der Waals surface area contributed by atoms with Gasteiger partial charge < -0.3 is 34.5 Å². The minimum Gasteiger partial charge on any atom is -0.491 e. The van der Waals surface area contributed by atoms with Crippen molar-refractivity contribution < 1.29 is 27.8 Å². The summed E-state index contributed by atoms with van der Waals surface area (Å²) in [5.74, 6) is 0.116. The van der Waals surface area contributed by atoms with Crippen molar-refractivity contribution in [2.24, 2.45) is 0 Å². The van der Waals surface area contributed by atoms with Gasteiger partial charge in [0, 0.05) is 63.2 Å². The molecule has 3 atom stereocenters. The minimum absolute atomic E-state index is 0.164. The van der Waals surface area contributed by atoms with Gasteiger partial charge in [-0.15, -0.1) is 0 Å². The molecule has 2 amide bonds. The maximum Gasteiger partial charge on any atom is 0.260 e. The highest BCUT2D eigenvalue weighted by Crippen LogP contribution is 2.34. The van der Waals surface area contributed by atoms with Gasteiger partial charge in [-0.25, -0.2) is 28.4 Å². The van der Waals surface area contributed by atoms with Crippen LogP contribution < -0.4 is 15.4 Å². The summed E-state index contributed by atoms with van der Waals surface area (Å²) < 4.78 is 44.7. The van der Waals surface area contributed by atoms with Crippen LogP contribution in [-0.4, -0.2) is 109 Å². The Morgan fingerprint density at radius 2 is 1.96 bits per heavy atom. The maximum absolute atomic E-state index is 15.0. The minimum atomic E-state index is -0.838. The summed E-state index contributed by atoms with van der Waals surface area (Å²) in [6, 6.07) is 7.48. The van der Waals surface area contributed by atoms with Gasteiger partial charge in [0.05, 0.1) is 42.2 Å². The second kappa shape index (κ2) is 13.5. The second-order valence-corrected chi connectivity index (χ2v) is 13.3. The number of anilines is 2. The molecule has 3 aliphatic rings. The molecule has 52 heavy (non-hydrogen) atoms. The molecule has 3 aliphatic heterocycles. The summed E-state index contributed by atoms with van der Waals surface area (Å²) in [6.45, 7) is 5.68. The average Bonchev–Trinajstić information content (AvgIpc) is 3.83. The van der Waals surface area contributed by atoms with Crippen LogP contribution in [0.3, 0.4) is 0 Å². The number of carbonyl (C=O) groups excluding carboxylic acids is 2. The first-order valence-electron chi connectivity index (χ1n) is 17.4. The van der Waals surface area contributed by atoms with Gasteiger partial charge in [-0.05, 0) is 51.0 Å². The van der Waals surface area contributed by atoms with Crippen molar-refractivity contribution in [3.05, 3.63) is 71.8 Å². The van der Waals surface area contributed by atoms with Gasteiger partial charge >= 0.3 is 0 Å². The van der Waals surface area contributed by atoms with E-state index >= 15 is 4.39 Å². The predicted molar refractivity (Wildman–Crippen MR) is 187 cm³/mol. The smallest absolute Gasteiger partial charge is 0.260 e. The van der Waals surface area contributed by atoms with E-state index < -0.39 is 35.7 Å². The summed E-state index contributed by atoms with van der Waals surface area (Å²) in [6.07, 6.45) is 3.48. The molecule has 0 spiro atoms. The summed E-state index contributed by atoms with van der Waals surface area (Å²) >= 11 is 0. The van der Waals surface area contributed by atoms with Crippen molar-refractivity contribution in [1.82, 2.24) is 39.1 Å². The first kappa shape index (κ1) is 33.5. The molecule has 4 bridgehead atoms. The van der Waals surface area contributed by atoms with Gasteiger partial charge in [-0.3, -0.25) is 9.59 Å². The Kier molecular flexibility index (Phi) is 8.69. The number of hydrogen-bond acceptors (Lipinski definition) is 10. The van der Waals surface area contributed by atoms with Crippen LogP contribution >= 0.6 is 0 Å². The Morgan fingerprint density at radius 3 is 2.81 bits per heavy atom. The number of nitrogens with zero attached hydrogens (tertiary/aromatic N) is 8. The molecule has 2 N–H and O–H groups in total. The van der Waals surface area contributed by atoms with Gasteiger partial charge in [0.2, 0.25) is 11.9 Å². The number of amides is 2. The summed E-state index contributed by atoms with van der Waals surface area (Å²) in [5.41, 5.74) is 2.97. The first-order valence-corrected chi connectivity index (χ1v) is 17.4. The third-order valence-electron chi connectivity index (χ3n) is 9.77. The Labute approximate surface area is 297 Å². The van der Waals surface area contributed by atoms with Crippen LogP contribution in [0.25, 0.3) is 28.0 Å². The van der Waals surface area contributed by atoms with Gasteiger partial charge in [-0.2, -0.15) is 5.10 Å². The number of aromatic nitrogens is 6. The lowest BCUT2D eigenvalue weighted by Gasteiger charge is -2.30. The van der Waals surface area contributed by atoms with Crippen molar-refractivity contribution in [2.75, 3.05) is 50.5 Å². The predicted octanol–water partition coefficient (Wildman–Crippen LogP) is 4.03. The van der Waals surface area contributed by atoms with Crippen molar-refractivity contribution in [1.29, 1.82) is 0 Å². The number of likely N-dealkylation sites (N-methyl/N-ethyl adjacent to an activating group) is 1. The van der Waals surface area contributed by atoms with Gasteiger partial charge in [0.25, 0.3) is 5.91 Å². The van der Waals surface area contributed by atoms with Crippen molar-refractivity contribution in [3.63, 3.8) is 0 Å². The number of fused-ring (bicyclic) bond motifs is 8. The molecule has 0 aliphatic carbocycles. The molecule has 5 aromatic rings. The lowest BCUT2D eigenvalue weighted by molar-refractivity contribution is -0.136. The largest absolute Gasteiger partial charge is 0.491 e. The number of rotatable bonds is 3. The SMILES string of the molecule is CCO[C@H]1CN(C)C(=O)[C@@H]2C[C@@H](CN2C(=O)c2cnn3c2NCCCOc2cc(F)ccc2-3)Nc2nccc(n2)-c2cc(F)cc3nc(C)n(c23)C1. The molecule has 6 heterocycles. The molecular formula is C36H38F2N10O4. The molecule has 1 saturated heterocycles. The molecule has 16 heteroatoms. The Morgan fingerprint density at radius 1 is 1.10 bits per heavy atom. The second-order valence-electron chi connectivity index (χ2n) is 13.3. The van der Waals surface area contributed by atoms with Crippen molar-refractivity contribution in [3.8, 4) is 22.7 Å². The average molecular weight is 713 g/mol. The highest BCUT2D eigenvalue weighted by Gasteiger charge is 2.43. The van der Waals surface area contributed by atoms with E-state index in [2.05, 4.69) is 25.7 Å². The Balaban J connectivity index is 1.19. The molecule has 1 fully saturated rings. The summed E-state index contributed by atoms with van der Waals surface area (Å²) in [7, 11) is 1.71. The van der Waals surface area contributed by atoms with E-state index in [0.29, 0.717) is 78.1 Å². The van der Waals surface area contributed by atoms with Crippen molar-refractivity contribution >= 4 is 34.6 Å². The molecular weight excluding hydrogens is 674 g/mol. The lowest BCUT2D eigenvalue weighted by Crippen LogP contribution is -2.49. The summed E-state index contributed by atoms with van der Waals surface area (Å²) in [5, 5.41) is 11.2. The zero-order valence-electron chi connectivity index (χ0n) is 29.0. The third-order valence-corrected chi connectivity index (χ3v) is 9.77. The van der Waals surface area contributed by atoms with E-state index in [-0.39, 0.29) is 36.9 Å². The number of imidazole rings is 1. The zero-order valence-corrected chi connectivity index (χ0v) is 29.0. The Hall–Kier alpha value is -5.64. The standard InChI is InChI=1S/C36H38F2N10O4/c1-4-51-24-18-45(3)35(50)30-15-23(43-36-40-10-8-27(44-36)25-12-22(38)13-28-32(25)46(19-24)20(2)42-28)17-47(30)34(49)26-16-41-48-29-7-6-21(37)14-31(29)52-11-5-9-39-33(26)48/h6-8,10,12-14,16,23-24,30,39H,4-5,9,11,15,17-19H2,1-3H3,(H,40,43,44)/t23-,24-,30-/m0/s1. The lowest BCUT2D eigenvalue weighted by atomic mass is 10.1. The highest BCUT2D eigenvalue weighted by atomic mass is 19.1. The summed E-state index contributed by atoms with van der Waals surface area (Å²) in [4.78, 5) is 46.0. The molecule has 0 radical (unpaired) electrons. The van der Waals surface area contributed by atoms with E-state index in [4.69, 9.17) is 14.5 Å². The first-order chi connectivity index (χ1) is 25.2. The monoisotopic (exact) mass is 712 g/mol. The zero-order chi connectivity index (χ0) is 36.1. The fourth-order valence-electron chi connectivity index (χ4n) is 7.43. The van der Waals surface area contributed by atoms with E-state index in [1.54, 1.807) is 35.2 Å². The molecule has 0 saturated carbocycles. The topological polar surface area (TPSA) is 145 Å². The fourth-order valence-corrected chi connectivity index (χ4v) is 7.43. The number of aryl methyl sites for hydroxylation is 1. The van der Waals surface area contributed by atoms with Gasteiger partial charge in [0.1, 0.15) is 46.3 Å². The van der Waals surface area contributed by atoms with E-state index in [1.807, 2.05) is 18.4 Å². The quantitative estimate of drug-likeness (QED) is 0.281.